The van der Waals surface area contributed by atoms with Gasteiger partial charge in [0.05, 0.1) is 7.11 Å². The predicted octanol–water partition coefficient (Wildman–Crippen LogP) is 4.45. The molecule has 0 aromatic heterocycles. The molecule has 2 aromatic carbocycles. The van der Waals surface area contributed by atoms with Crippen molar-refractivity contribution >= 4 is 17.5 Å². The fraction of sp³-hybridized carbons (Fsp3) is 0.235. The largest absolute Gasteiger partial charge is 0.497 e. The number of rotatable bonds is 7. The highest BCUT2D eigenvalue weighted by molar-refractivity contribution is 7.99. The number of Topliss-reactive ketones (excluding diaryl/α,β-unsaturated/α-hetero) is 1. The molecule has 0 aliphatic carbocycles. The summed E-state index contributed by atoms with van der Waals surface area (Å²) in [6.45, 7) is 0. The first-order chi connectivity index (χ1) is 9.79. The molecule has 2 aromatic rings. The number of ketones is 1. The van der Waals surface area contributed by atoms with Crippen molar-refractivity contribution in [3.05, 3.63) is 60.2 Å². The minimum atomic E-state index is 0.223. The Kier molecular flexibility index (Phi) is 5.69. The molecule has 0 N–H and O–H groups in total. The summed E-state index contributed by atoms with van der Waals surface area (Å²) in [4.78, 5) is 13.1. The van der Waals surface area contributed by atoms with Crippen LogP contribution in [0.1, 0.15) is 23.2 Å². The van der Waals surface area contributed by atoms with Gasteiger partial charge in [-0.15, -0.1) is 11.8 Å². The first kappa shape index (κ1) is 14.7. The Balaban J connectivity index is 1.72. The number of hydrogen-bond donors (Lipinski definition) is 0. The number of methoxy groups -OCH3 is 1. The molecule has 0 aliphatic heterocycles. The molecule has 0 fully saturated rings. The van der Waals surface area contributed by atoms with Crippen molar-refractivity contribution in [3.8, 4) is 5.75 Å². The topological polar surface area (TPSA) is 26.3 Å². The molecule has 0 bridgehead atoms. The molecule has 0 atom stereocenters. The van der Waals surface area contributed by atoms with Crippen LogP contribution in [-0.2, 0) is 0 Å². The van der Waals surface area contributed by atoms with Gasteiger partial charge in [-0.3, -0.25) is 4.79 Å². The average molecular weight is 286 g/mol. The number of benzene rings is 2. The molecule has 0 spiro atoms. The van der Waals surface area contributed by atoms with Gasteiger partial charge in [-0.25, -0.2) is 0 Å². The molecule has 2 rings (SSSR count). The van der Waals surface area contributed by atoms with Crippen LogP contribution in [0.5, 0.6) is 5.75 Å². The molecular formula is C17H18O2S. The van der Waals surface area contributed by atoms with Crippen LogP contribution in [0.3, 0.4) is 0 Å². The van der Waals surface area contributed by atoms with Crippen molar-refractivity contribution < 1.29 is 9.53 Å². The lowest BCUT2D eigenvalue weighted by Gasteiger charge is -2.04. The monoisotopic (exact) mass is 286 g/mol. The number of ether oxygens (including phenoxy) is 1. The zero-order chi connectivity index (χ0) is 14.2. The maximum absolute atomic E-state index is 11.9. The third-order valence-electron chi connectivity index (χ3n) is 2.97. The van der Waals surface area contributed by atoms with Gasteiger partial charge in [0.1, 0.15) is 5.75 Å². The zero-order valence-corrected chi connectivity index (χ0v) is 12.4. The summed E-state index contributed by atoms with van der Waals surface area (Å²) >= 11 is 1.77. The summed E-state index contributed by atoms with van der Waals surface area (Å²) in [5.74, 6) is 2.04. The van der Waals surface area contributed by atoms with E-state index in [0.717, 1.165) is 23.5 Å². The van der Waals surface area contributed by atoms with Gasteiger partial charge < -0.3 is 4.74 Å². The highest BCUT2D eigenvalue weighted by atomic mass is 32.2. The van der Waals surface area contributed by atoms with Crippen molar-refractivity contribution in [2.24, 2.45) is 0 Å². The molecule has 104 valence electrons. The summed E-state index contributed by atoms with van der Waals surface area (Å²) in [6, 6.07) is 17.5. The minimum Gasteiger partial charge on any atom is -0.497 e. The third-order valence-corrected chi connectivity index (χ3v) is 4.07. The Morgan fingerprint density at radius 1 is 1.05 bits per heavy atom. The average Bonchev–Trinajstić information content (AvgIpc) is 2.53. The van der Waals surface area contributed by atoms with Crippen LogP contribution in [0, 0.1) is 0 Å². The molecule has 0 saturated carbocycles. The quantitative estimate of drug-likeness (QED) is 0.427. The summed E-state index contributed by atoms with van der Waals surface area (Å²) in [7, 11) is 1.66. The van der Waals surface area contributed by atoms with Crippen molar-refractivity contribution in [1.29, 1.82) is 0 Å². The maximum atomic E-state index is 11.9. The Hall–Kier alpha value is -1.74. The van der Waals surface area contributed by atoms with Crippen LogP contribution in [0.2, 0.25) is 0 Å². The lowest BCUT2D eigenvalue weighted by molar-refractivity contribution is 0.0982. The van der Waals surface area contributed by atoms with Gasteiger partial charge in [0.2, 0.25) is 0 Å². The van der Waals surface area contributed by atoms with Gasteiger partial charge in [0.15, 0.2) is 5.78 Å². The highest BCUT2D eigenvalue weighted by Gasteiger charge is 2.04. The highest BCUT2D eigenvalue weighted by Crippen LogP contribution is 2.22. The zero-order valence-electron chi connectivity index (χ0n) is 11.5. The van der Waals surface area contributed by atoms with E-state index in [-0.39, 0.29) is 5.78 Å². The van der Waals surface area contributed by atoms with Crippen LogP contribution < -0.4 is 4.74 Å². The fourth-order valence-corrected chi connectivity index (χ4v) is 2.72. The van der Waals surface area contributed by atoms with E-state index in [0.29, 0.717) is 6.42 Å². The van der Waals surface area contributed by atoms with Gasteiger partial charge in [-0.1, -0.05) is 30.3 Å². The van der Waals surface area contributed by atoms with E-state index >= 15 is 0 Å². The summed E-state index contributed by atoms with van der Waals surface area (Å²) in [6.07, 6.45) is 1.50. The number of thioether (sulfide) groups is 1. The standard InChI is InChI=1S/C17H18O2S/c1-19-15-9-11-16(12-10-15)20-13-5-8-17(18)14-6-3-2-4-7-14/h2-4,6-7,9-12H,5,8,13H2,1H3. The molecular weight excluding hydrogens is 268 g/mol. The van der Waals surface area contributed by atoms with Crippen molar-refractivity contribution in [2.45, 2.75) is 17.7 Å². The predicted molar refractivity (Wildman–Crippen MR) is 83.7 cm³/mol. The lowest BCUT2D eigenvalue weighted by atomic mass is 10.1. The van der Waals surface area contributed by atoms with E-state index < -0.39 is 0 Å². The van der Waals surface area contributed by atoms with E-state index in [1.807, 2.05) is 54.6 Å². The second kappa shape index (κ2) is 7.75. The van der Waals surface area contributed by atoms with Crippen LogP contribution in [0.25, 0.3) is 0 Å². The van der Waals surface area contributed by atoms with Crippen LogP contribution in [0.4, 0.5) is 0 Å². The Morgan fingerprint density at radius 3 is 2.40 bits per heavy atom. The maximum Gasteiger partial charge on any atom is 0.162 e. The van der Waals surface area contributed by atoms with Gasteiger partial charge in [-0.2, -0.15) is 0 Å². The Labute approximate surface area is 124 Å². The van der Waals surface area contributed by atoms with Gasteiger partial charge in [0, 0.05) is 16.9 Å². The van der Waals surface area contributed by atoms with E-state index in [1.165, 1.54) is 4.90 Å². The van der Waals surface area contributed by atoms with Crippen molar-refractivity contribution in [3.63, 3.8) is 0 Å². The smallest absolute Gasteiger partial charge is 0.162 e. The van der Waals surface area contributed by atoms with Crippen LogP contribution >= 0.6 is 11.8 Å². The SMILES string of the molecule is COc1ccc(SCCCC(=O)c2ccccc2)cc1. The second-order valence-electron chi connectivity index (χ2n) is 4.42. The molecule has 0 radical (unpaired) electrons. The van der Waals surface area contributed by atoms with Crippen LogP contribution in [-0.4, -0.2) is 18.6 Å². The third kappa shape index (κ3) is 4.42. The van der Waals surface area contributed by atoms with Crippen LogP contribution in [0.15, 0.2) is 59.5 Å². The number of hydrogen-bond acceptors (Lipinski definition) is 3. The Bertz CT molecular complexity index is 535. The molecule has 0 saturated heterocycles. The minimum absolute atomic E-state index is 0.223. The second-order valence-corrected chi connectivity index (χ2v) is 5.59. The lowest BCUT2D eigenvalue weighted by Crippen LogP contribution is -1.99. The first-order valence-electron chi connectivity index (χ1n) is 6.64. The summed E-state index contributed by atoms with van der Waals surface area (Å²) in [5.41, 5.74) is 0.807. The number of carbonyl (C=O) groups is 1. The van der Waals surface area contributed by atoms with E-state index in [1.54, 1.807) is 18.9 Å². The molecule has 2 nitrogen and oxygen atoms in total. The first-order valence-corrected chi connectivity index (χ1v) is 7.63. The normalized spacial score (nSPS) is 10.2. The Morgan fingerprint density at radius 2 is 1.75 bits per heavy atom. The van der Waals surface area contributed by atoms with Gasteiger partial charge >= 0.3 is 0 Å². The summed E-state index contributed by atoms with van der Waals surface area (Å²) in [5, 5.41) is 0. The van der Waals surface area contributed by atoms with E-state index in [2.05, 4.69) is 0 Å². The van der Waals surface area contributed by atoms with Gasteiger partial charge in [-0.05, 0) is 36.4 Å². The molecule has 0 amide bonds. The van der Waals surface area contributed by atoms with Crippen molar-refractivity contribution in [2.75, 3.05) is 12.9 Å². The summed E-state index contributed by atoms with van der Waals surface area (Å²) < 4.78 is 5.12. The molecule has 0 aliphatic rings. The molecule has 0 unspecified atom stereocenters. The van der Waals surface area contributed by atoms with Crippen molar-refractivity contribution in [1.82, 2.24) is 0 Å². The fourth-order valence-electron chi connectivity index (χ4n) is 1.86. The van der Waals surface area contributed by atoms with E-state index in [9.17, 15) is 4.79 Å². The van der Waals surface area contributed by atoms with Gasteiger partial charge in [0.25, 0.3) is 0 Å². The molecule has 3 heteroatoms. The number of carbonyl (C=O) groups excluding carboxylic acids is 1. The molecule has 20 heavy (non-hydrogen) atoms. The molecule has 0 heterocycles. The van der Waals surface area contributed by atoms with E-state index in [4.69, 9.17) is 4.74 Å².